The van der Waals surface area contributed by atoms with Crippen molar-refractivity contribution in [3.63, 3.8) is 0 Å². The fourth-order valence-corrected chi connectivity index (χ4v) is 2.99. The van der Waals surface area contributed by atoms with Gasteiger partial charge in [0, 0.05) is 38.6 Å². The van der Waals surface area contributed by atoms with Gasteiger partial charge in [0.05, 0.1) is 18.8 Å². The second-order valence-electron chi connectivity index (χ2n) is 7.21. The minimum absolute atomic E-state index is 0.0864. The zero-order valence-electron chi connectivity index (χ0n) is 18.1. The number of rotatable bonds is 10. The molecule has 0 radical (unpaired) electrons. The number of nitrogens with one attached hydrogen (secondary N) is 1. The number of nitrogens with zero attached hydrogens (tertiary/aromatic N) is 3. The molecule has 0 aliphatic rings. The maximum Gasteiger partial charge on any atom is 0.322 e. The quantitative estimate of drug-likeness (QED) is 0.643. The fourth-order valence-electron chi connectivity index (χ4n) is 2.99. The molecule has 1 N–H and O–H groups in total. The average molecular weight is 419 g/mol. The van der Waals surface area contributed by atoms with Gasteiger partial charge in [-0.05, 0) is 37.6 Å². The summed E-state index contributed by atoms with van der Waals surface area (Å²) in [5, 5.41) is 2.58. The SMILES string of the molecule is CCC(C)N(CC(=O)N(CCOC)Cc1cccn1C)C(=O)Nc1ccccc1F. The maximum absolute atomic E-state index is 14.0. The summed E-state index contributed by atoms with van der Waals surface area (Å²) in [4.78, 5) is 29.1. The van der Waals surface area contributed by atoms with Crippen LogP contribution in [0.25, 0.3) is 0 Å². The van der Waals surface area contributed by atoms with E-state index in [1.54, 1.807) is 24.1 Å². The number of halogens is 1. The Hall–Kier alpha value is -2.87. The van der Waals surface area contributed by atoms with Crippen LogP contribution in [0.4, 0.5) is 14.9 Å². The van der Waals surface area contributed by atoms with Crippen molar-refractivity contribution in [3.8, 4) is 0 Å². The standard InChI is InChI=1S/C22H31FN4O3/c1-5-17(2)27(22(29)24-20-11-7-6-10-19(20)23)16-21(28)26(13-14-30-4)15-18-9-8-12-25(18)3/h6-12,17H,5,13-16H2,1-4H3,(H,24,29). The molecule has 30 heavy (non-hydrogen) atoms. The van der Waals surface area contributed by atoms with Gasteiger partial charge in [0.25, 0.3) is 0 Å². The van der Waals surface area contributed by atoms with E-state index >= 15 is 0 Å². The minimum Gasteiger partial charge on any atom is -0.383 e. The third-order valence-electron chi connectivity index (χ3n) is 5.13. The molecule has 7 nitrogen and oxygen atoms in total. The summed E-state index contributed by atoms with van der Waals surface area (Å²) < 4.78 is 21.1. The number of carbonyl (C=O) groups is 2. The van der Waals surface area contributed by atoms with Crippen molar-refractivity contribution in [2.75, 3.05) is 32.1 Å². The van der Waals surface area contributed by atoms with E-state index < -0.39 is 11.8 Å². The molecule has 1 aromatic heterocycles. The van der Waals surface area contributed by atoms with E-state index in [-0.39, 0.29) is 24.2 Å². The first-order chi connectivity index (χ1) is 14.4. The second kappa shape index (κ2) is 11.3. The van der Waals surface area contributed by atoms with Gasteiger partial charge in [-0.25, -0.2) is 9.18 Å². The molecule has 164 valence electrons. The first-order valence-corrected chi connectivity index (χ1v) is 10.1. The molecule has 2 aromatic rings. The molecule has 8 heteroatoms. The monoisotopic (exact) mass is 418 g/mol. The van der Waals surface area contributed by atoms with E-state index in [0.29, 0.717) is 26.1 Å². The number of carbonyl (C=O) groups excluding carboxylic acids is 2. The number of urea groups is 1. The summed E-state index contributed by atoms with van der Waals surface area (Å²) in [6.07, 6.45) is 2.58. The van der Waals surface area contributed by atoms with Crippen LogP contribution in [0, 0.1) is 5.82 Å². The van der Waals surface area contributed by atoms with Gasteiger partial charge in [-0.2, -0.15) is 0 Å². The number of benzene rings is 1. The first-order valence-electron chi connectivity index (χ1n) is 10.1. The van der Waals surface area contributed by atoms with Crippen molar-refractivity contribution in [1.29, 1.82) is 0 Å². The van der Waals surface area contributed by atoms with Crippen LogP contribution in [0.15, 0.2) is 42.6 Å². The lowest BCUT2D eigenvalue weighted by molar-refractivity contribution is -0.133. The minimum atomic E-state index is -0.522. The molecule has 0 saturated heterocycles. The molecule has 0 fully saturated rings. The van der Waals surface area contributed by atoms with E-state index in [1.165, 1.54) is 17.0 Å². The van der Waals surface area contributed by atoms with Gasteiger partial charge in [-0.15, -0.1) is 0 Å². The van der Waals surface area contributed by atoms with Crippen LogP contribution in [-0.4, -0.2) is 59.2 Å². The Balaban J connectivity index is 2.15. The van der Waals surface area contributed by atoms with Gasteiger partial charge in [-0.1, -0.05) is 19.1 Å². The molecule has 1 unspecified atom stereocenters. The molecule has 0 bridgehead atoms. The van der Waals surface area contributed by atoms with Crippen molar-refractivity contribution in [2.24, 2.45) is 7.05 Å². The number of aryl methyl sites for hydroxylation is 1. The Bertz CT molecular complexity index is 839. The first kappa shape index (κ1) is 23.4. The second-order valence-corrected chi connectivity index (χ2v) is 7.21. The summed E-state index contributed by atoms with van der Waals surface area (Å²) >= 11 is 0. The highest BCUT2D eigenvalue weighted by Gasteiger charge is 2.25. The molecule has 1 aromatic carbocycles. The number of methoxy groups -OCH3 is 1. The van der Waals surface area contributed by atoms with Crippen molar-refractivity contribution in [1.82, 2.24) is 14.4 Å². The molecule has 0 aliphatic carbocycles. The largest absolute Gasteiger partial charge is 0.383 e. The average Bonchev–Trinajstić information content (AvgIpc) is 3.14. The molecule has 0 saturated carbocycles. The van der Waals surface area contributed by atoms with Crippen molar-refractivity contribution in [3.05, 3.63) is 54.1 Å². The van der Waals surface area contributed by atoms with Gasteiger partial charge in [0.15, 0.2) is 0 Å². The van der Waals surface area contributed by atoms with Gasteiger partial charge in [0.1, 0.15) is 12.4 Å². The predicted molar refractivity (Wildman–Crippen MR) is 115 cm³/mol. The normalized spacial score (nSPS) is 11.8. The van der Waals surface area contributed by atoms with E-state index in [1.807, 2.05) is 43.8 Å². The van der Waals surface area contributed by atoms with Crippen LogP contribution in [-0.2, 0) is 23.1 Å². The molecule has 2 rings (SSSR count). The third kappa shape index (κ3) is 6.32. The molecule has 3 amide bonds. The number of aromatic nitrogens is 1. The zero-order chi connectivity index (χ0) is 22.1. The lowest BCUT2D eigenvalue weighted by atomic mass is 10.2. The number of ether oxygens (including phenoxy) is 1. The van der Waals surface area contributed by atoms with Crippen molar-refractivity contribution in [2.45, 2.75) is 32.9 Å². The summed E-state index contributed by atoms with van der Waals surface area (Å²) in [6, 6.07) is 9.13. The lowest BCUT2D eigenvalue weighted by Crippen LogP contribution is -2.48. The smallest absolute Gasteiger partial charge is 0.322 e. The highest BCUT2D eigenvalue weighted by atomic mass is 19.1. The summed E-state index contributed by atoms with van der Waals surface area (Å²) in [5.74, 6) is -0.719. The number of para-hydroxylation sites is 1. The summed E-state index contributed by atoms with van der Waals surface area (Å²) in [6.45, 7) is 4.90. The fraction of sp³-hybridized carbons (Fsp3) is 0.455. The lowest BCUT2D eigenvalue weighted by Gasteiger charge is -2.31. The Kier molecular flexibility index (Phi) is 8.86. The van der Waals surface area contributed by atoms with Gasteiger partial charge < -0.3 is 24.4 Å². The Morgan fingerprint density at radius 2 is 1.97 bits per heavy atom. The van der Waals surface area contributed by atoms with Crippen LogP contribution in [0.2, 0.25) is 0 Å². The van der Waals surface area contributed by atoms with Crippen LogP contribution >= 0.6 is 0 Å². The van der Waals surface area contributed by atoms with E-state index in [4.69, 9.17) is 4.74 Å². The van der Waals surface area contributed by atoms with Crippen LogP contribution < -0.4 is 5.32 Å². The van der Waals surface area contributed by atoms with Crippen LogP contribution in [0.5, 0.6) is 0 Å². The van der Waals surface area contributed by atoms with Gasteiger partial charge in [0.2, 0.25) is 5.91 Å². The molecule has 1 heterocycles. The molecule has 1 atom stereocenters. The van der Waals surface area contributed by atoms with Crippen molar-refractivity contribution >= 4 is 17.6 Å². The van der Waals surface area contributed by atoms with E-state index in [9.17, 15) is 14.0 Å². The Morgan fingerprint density at radius 1 is 1.23 bits per heavy atom. The number of anilines is 1. The predicted octanol–water partition coefficient (Wildman–Crippen LogP) is 3.47. The Labute approximate surface area is 177 Å². The Morgan fingerprint density at radius 3 is 2.57 bits per heavy atom. The van der Waals surface area contributed by atoms with Crippen molar-refractivity contribution < 1.29 is 18.7 Å². The summed E-state index contributed by atoms with van der Waals surface area (Å²) in [5.41, 5.74) is 1.06. The molecular formula is C22H31FN4O3. The number of hydrogen-bond donors (Lipinski definition) is 1. The highest BCUT2D eigenvalue weighted by molar-refractivity contribution is 5.92. The molecule has 0 spiro atoms. The van der Waals surface area contributed by atoms with Crippen LogP contribution in [0.1, 0.15) is 26.0 Å². The summed E-state index contributed by atoms with van der Waals surface area (Å²) in [7, 11) is 3.50. The van der Waals surface area contributed by atoms with Crippen LogP contribution in [0.3, 0.4) is 0 Å². The maximum atomic E-state index is 14.0. The number of hydrogen-bond acceptors (Lipinski definition) is 3. The number of amides is 3. The zero-order valence-corrected chi connectivity index (χ0v) is 18.1. The molecule has 0 aliphatic heterocycles. The topological polar surface area (TPSA) is 66.8 Å². The van der Waals surface area contributed by atoms with Gasteiger partial charge in [-0.3, -0.25) is 4.79 Å². The third-order valence-corrected chi connectivity index (χ3v) is 5.13. The molecular weight excluding hydrogens is 387 g/mol. The van der Waals surface area contributed by atoms with E-state index in [0.717, 1.165) is 5.69 Å². The highest BCUT2D eigenvalue weighted by Crippen LogP contribution is 2.15. The van der Waals surface area contributed by atoms with Gasteiger partial charge >= 0.3 is 6.03 Å². The van der Waals surface area contributed by atoms with E-state index in [2.05, 4.69) is 5.32 Å².